The van der Waals surface area contributed by atoms with Crippen molar-refractivity contribution >= 4 is 45.8 Å². The predicted molar refractivity (Wildman–Crippen MR) is 247 cm³/mol. The van der Waals surface area contributed by atoms with Crippen molar-refractivity contribution in [2.75, 3.05) is 41.0 Å². The first kappa shape index (κ1) is 44.3. The largest absolute Gasteiger partial charge is 0.488 e. The quantitative estimate of drug-likeness (QED) is 0.0936. The number of carbonyl (C=O) groups is 4. The van der Waals surface area contributed by atoms with Crippen LogP contribution in [0.4, 0.5) is 9.59 Å². The topological polar surface area (TPSA) is 193 Å². The highest BCUT2D eigenvalue weighted by Crippen LogP contribution is 2.44. The molecule has 7 atom stereocenters. The van der Waals surface area contributed by atoms with Gasteiger partial charge in [-0.2, -0.15) is 0 Å². The van der Waals surface area contributed by atoms with Gasteiger partial charge < -0.3 is 49.3 Å². The molecule has 0 radical (unpaired) electrons. The fraction of sp³-hybridized carbons (Fsp3) is 0.400. The molecule has 4 N–H and O–H groups in total. The summed E-state index contributed by atoms with van der Waals surface area (Å²) in [5, 5.41) is 7.47. The van der Waals surface area contributed by atoms with Crippen LogP contribution < -0.4 is 15.4 Å². The Morgan fingerprint density at radius 3 is 2.36 bits per heavy atom. The van der Waals surface area contributed by atoms with E-state index in [1.165, 1.54) is 14.2 Å². The molecule has 2 fully saturated rings. The molecular weight excluding hydrogens is 841 g/mol. The fourth-order valence-corrected chi connectivity index (χ4v) is 9.94. The molecule has 16 nitrogen and oxygen atoms in total. The molecule has 6 aromatic rings. The van der Waals surface area contributed by atoms with E-state index < -0.39 is 30.3 Å². The van der Waals surface area contributed by atoms with Gasteiger partial charge in [0.2, 0.25) is 5.91 Å². The molecule has 5 heterocycles. The van der Waals surface area contributed by atoms with Gasteiger partial charge >= 0.3 is 12.2 Å². The van der Waals surface area contributed by atoms with Crippen molar-refractivity contribution in [3.05, 3.63) is 102 Å². The predicted octanol–water partition coefficient (Wildman–Crippen LogP) is 7.98. The van der Waals surface area contributed by atoms with Crippen LogP contribution in [0.3, 0.4) is 0 Å². The second kappa shape index (κ2) is 18.5. The molecule has 344 valence electrons. The van der Waals surface area contributed by atoms with Gasteiger partial charge in [0.1, 0.15) is 36.1 Å². The number of H-pyrrole nitrogens is 2. The standard InChI is InChI=1S/C50H56N8O8/c1-7-28(3)42(55-49(61)64-5)47(59)57-23-27(2)17-39(57)45-51-22-38(53-45)32-13-15-34-33(19-32)26-66-41-21-35-31(20-36(34)41)14-16-37-44(35)54-46(52-37)40-18-29(25-63-4)24-58(40)48(60)43(56-50(62)65-6)30-11-9-8-10-12-30/h8-16,19-22,27-29,39-40,42-43H,7,17-18,23-26H2,1-6H3,(H,51,53)(H,52,54)(H,55,61)(H,56,62)/t27-,28?,29?,39?,40-,42+,43?/m0/s1. The number of ether oxygens (including phenoxy) is 4. The Bertz CT molecular complexity index is 2790. The number of rotatable bonds is 12. The number of imidazole rings is 2. The Morgan fingerprint density at radius 2 is 1.61 bits per heavy atom. The number of nitrogens with zero attached hydrogens (tertiary/aromatic N) is 4. The summed E-state index contributed by atoms with van der Waals surface area (Å²) in [5.74, 6) is 1.94. The number of benzene rings is 4. The zero-order valence-corrected chi connectivity index (χ0v) is 38.1. The van der Waals surface area contributed by atoms with E-state index in [-0.39, 0.29) is 35.6 Å². The summed E-state index contributed by atoms with van der Waals surface area (Å²) in [6, 6.07) is 21.4. The van der Waals surface area contributed by atoms with Crippen LogP contribution in [-0.2, 0) is 30.4 Å². The Labute approximate surface area is 382 Å². The molecule has 4 unspecified atom stereocenters. The number of aromatic nitrogens is 4. The number of hydrogen-bond acceptors (Lipinski definition) is 10. The van der Waals surface area contributed by atoms with Crippen molar-refractivity contribution in [1.82, 2.24) is 40.4 Å². The number of methoxy groups -OCH3 is 3. The van der Waals surface area contributed by atoms with E-state index in [9.17, 15) is 19.2 Å². The lowest BCUT2D eigenvalue weighted by molar-refractivity contribution is -0.136. The van der Waals surface area contributed by atoms with E-state index in [0.29, 0.717) is 56.4 Å². The Hall–Kier alpha value is -6.94. The van der Waals surface area contributed by atoms with Crippen molar-refractivity contribution in [2.45, 2.75) is 70.8 Å². The number of alkyl carbamates (subject to hydrolysis) is 2. The first-order valence-corrected chi connectivity index (χ1v) is 22.6. The maximum absolute atomic E-state index is 14.4. The summed E-state index contributed by atoms with van der Waals surface area (Å²) in [7, 11) is 4.23. The number of aromatic amines is 2. The van der Waals surface area contributed by atoms with Gasteiger partial charge in [-0.15, -0.1) is 0 Å². The SMILES string of the molecule is CCC(C)[C@@H](NC(=O)OC)C(=O)N1C[C@@H](C)CC1c1ncc(-c2ccc3c(c2)COc2cc4c(ccc5nc([C@@H]6CC(COC)CN6C(=O)C(NC(=O)OC)c6ccccc6)[nH]c54)cc2-3)[nH]1. The van der Waals surface area contributed by atoms with Gasteiger partial charge in [0.25, 0.3) is 5.91 Å². The third-order valence-electron chi connectivity index (χ3n) is 13.5. The summed E-state index contributed by atoms with van der Waals surface area (Å²) in [4.78, 5) is 73.7. The van der Waals surface area contributed by atoms with E-state index in [0.717, 1.165) is 61.9 Å². The number of hydrogen-bond donors (Lipinski definition) is 4. The zero-order chi connectivity index (χ0) is 46.2. The van der Waals surface area contributed by atoms with Crippen molar-refractivity contribution in [3.8, 4) is 28.1 Å². The number of nitrogens with one attached hydrogen (secondary N) is 4. The highest BCUT2D eigenvalue weighted by atomic mass is 16.5. The molecule has 4 amide bonds. The molecule has 3 aliphatic rings. The highest BCUT2D eigenvalue weighted by molar-refractivity contribution is 6.07. The van der Waals surface area contributed by atoms with Gasteiger partial charge in [0, 0.05) is 37.1 Å². The van der Waals surface area contributed by atoms with Crippen LogP contribution in [0.2, 0.25) is 0 Å². The fourth-order valence-electron chi connectivity index (χ4n) is 9.94. The lowest BCUT2D eigenvalue weighted by Gasteiger charge is -2.30. The molecule has 0 spiro atoms. The molecule has 2 aromatic heterocycles. The average Bonchev–Trinajstić information content (AvgIpc) is 4.17. The van der Waals surface area contributed by atoms with Gasteiger partial charge in [-0.25, -0.2) is 19.6 Å². The Balaban J connectivity index is 0.979. The molecule has 3 aliphatic heterocycles. The van der Waals surface area contributed by atoms with Crippen molar-refractivity contribution in [1.29, 1.82) is 0 Å². The van der Waals surface area contributed by atoms with E-state index in [1.807, 2.05) is 61.3 Å². The zero-order valence-electron chi connectivity index (χ0n) is 38.1. The van der Waals surface area contributed by atoms with Crippen LogP contribution in [0.1, 0.15) is 80.9 Å². The average molecular weight is 897 g/mol. The number of likely N-dealkylation sites (tertiary alicyclic amines) is 2. The van der Waals surface area contributed by atoms with E-state index in [4.69, 9.17) is 28.9 Å². The van der Waals surface area contributed by atoms with Gasteiger partial charge in [-0.3, -0.25) is 9.59 Å². The molecule has 0 saturated carbocycles. The van der Waals surface area contributed by atoms with E-state index >= 15 is 0 Å². The minimum absolute atomic E-state index is 0.0579. The summed E-state index contributed by atoms with van der Waals surface area (Å²) < 4.78 is 21.8. The maximum Gasteiger partial charge on any atom is 0.407 e. The summed E-state index contributed by atoms with van der Waals surface area (Å²) >= 11 is 0. The highest BCUT2D eigenvalue weighted by Gasteiger charge is 2.42. The van der Waals surface area contributed by atoms with Crippen molar-refractivity contribution in [2.24, 2.45) is 17.8 Å². The normalized spacial score (nSPS) is 20.3. The molecule has 0 bridgehead atoms. The third kappa shape index (κ3) is 8.41. The van der Waals surface area contributed by atoms with E-state index in [1.54, 1.807) is 12.0 Å². The molecule has 66 heavy (non-hydrogen) atoms. The van der Waals surface area contributed by atoms with Crippen LogP contribution >= 0.6 is 0 Å². The van der Waals surface area contributed by atoms with Crippen LogP contribution in [0.5, 0.6) is 5.75 Å². The summed E-state index contributed by atoms with van der Waals surface area (Å²) in [6.45, 7) is 7.91. The first-order chi connectivity index (χ1) is 32.0. The van der Waals surface area contributed by atoms with Gasteiger partial charge in [0.05, 0.1) is 55.8 Å². The van der Waals surface area contributed by atoms with Gasteiger partial charge in [0.15, 0.2) is 0 Å². The minimum Gasteiger partial charge on any atom is -0.488 e. The number of fused-ring (bicyclic) bond motifs is 6. The maximum atomic E-state index is 14.4. The van der Waals surface area contributed by atoms with Gasteiger partial charge in [-0.1, -0.05) is 75.7 Å². The summed E-state index contributed by atoms with van der Waals surface area (Å²) in [6.07, 6.45) is 2.58. The van der Waals surface area contributed by atoms with Crippen LogP contribution in [-0.4, -0.2) is 101 Å². The van der Waals surface area contributed by atoms with Crippen molar-refractivity contribution in [3.63, 3.8) is 0 Å². The van der Waals surface area contributed by atoms with Crippen LogP contribution in [0.25, 0.3) is 44.2 Å². The molecule has 0 aliphatic carbocycles. The molecular formula is C50H56N8O8. The molecule has 4 aromatic carbocycles. The first-order valence-electron chi connectivity index (χ1n) is 22.6. The minimum atomic E-state index is -0.956. The third-order valence-corrected chi connectivity index (χ3v) is 13.5. The van der Waals surface area contributed by atoms with Crippen molar-refractivity contribution < 1.29 is 38.1 Å². The Morgan fingerprint density at radius 1 is 0.848 bits per heavy atom. The monoisotopic (exact) mass is 896 g/mol. The number of amides is 4. The summed E-state index contributed by atoms with van der Waals surface area (Å²) in [5.41, 5.74) is 7.11. The second-order valence-corrected chi connectivity index (χ2v) is 17.9. The lowest BCUT2D eigenvalue weighted by atomic mass is 9.92. The Kier molecular flexibility index (Phi) is 12.4. The molecule has 2 saturated heterocycles. The molecule has 16 heteroatoms. The molecule has 9 rings (SSSR count). The van der Waals surface area contributed by atoms with Crippen LogP contribution in [0.15, 0.2) is 79.0 Å². The lowest BCUT2D eigenvalue weighted by Crippen LogP contribution is -2.51. The number of carbonyl (C=O) groups excluding carboxylic acids is 4. The van der Waals surface area contributed by atoms with Crippen LogP contribution in [0, 0.1) is 17.8 Å². The van der Waals surface area contributed by atoms with E-state index in [2.05, 4.69) is 63.9 Å². The van der Waals surface area contributed by atoms with Gasteiger partial charge in [-0.05, 0) is 76.6 Å². The second-order valence-electron chi connectivity index (χ2n) is 17.9. The smallest absolute Gasteiger partial charge is 0.407 e.